The lowest BCUT2D eigenvalue weighted by molar-refractivity contribution is -0.133. The number of unbranched alkanes of at least 4 members (excludes halogenated alkanes) is 4. The first-order chi connectivity index (χ1) is 14.5. The largest absolute Gasteiger partial charge is 0.383 e. The van der Waals surface area contributed by atoms with Crippen molar-refractivity contribution in [3.8, 4) is 0 Å². The Bertz CT molecular complexity index is 517. The van der Waals surface area contributed by atoms with Gasteiger partial charge in [-0.05, 0) is 25.7 Å². The van der Waals surface area contributed by atoms with E-state index in [-0.39, 0.29) is 17.7 Å². The van der Waals surface area contributed by atoms with Crippen molar-refractivity contribution in [2.24, 2.45) is 11.8 Å². The van der Waals surface area contributed by atoms with Gasteiger partial charge in [-0.15, -0.1) is 0 Å². The molecule has 0 saturated heterocycles. The van der Waals surface area contributed by atoms with E-state index in [1.165, 1.54) is 19.3 Å². The first-order valence-corrected chi connectivity index (χ1v) is 11.3. The fraction of sp³-hybridized carbons (Fsp3) is 0.864. The minimum atomic E-state index is -0.900. The summed E-state index contributed by atoms with van der Waals surface area (Å²) in [5.41, 5.74) is -0.900. The number of rotatable bonds is 16. The molecule has 30 heavy (non-hydrogen) atoms. The number of carbonyl (C=O) groups is 3. The van der Waals surface area contributed by atoms with Crippen LogP contribution >= 0.6 is 0 Å². The number of ether oxygens (including phenoxy) is 2. The molecule has 2 amide bonds. The summed E-state index contributed by atoms with van der Waals surface area (Å²) in [4.78, 5) is 37.5. The third-order valence-electron chi connectivity index (χ3n) is 5.73. The van der Waals surface area contributed by atoms with Gasteiger partial charge in [-0.2, -0.15) is 0 Å². The quantitative estimate of drug-likeness (QED) is 0.254. The smallest absolute Gasteiger partial charge is 0.223 e. The molecule has 1 aliphatic carbocycles. The summed E-state index contributed by atoms with van der Waals surface area (Å²) in [6.45, 7) is 4.58. The lowest BCUT2D eigenvalue weighted by Crippen LogP contribution is -2.57. The van der Waals surface area contributed by atoms with E-state index in [1.54, 1.807) is 14.2 Å². The van der Waals surface area contributed by atoms with Crippen molar-refractivity contribution in [3.05, 3.63) is 0 Å². The molecular formula is C22H41N3O5. The molecule has 0 heterocycles. The summed E-state index contributed by atoms with van der Waals surface area (Å²) in [6, 6.07) is 0. The third-order valence-corrected chi connectivity index (χ3v) is 5.73. The second-order valence-corrected chi connectivity index (χ2v) is 8.22. The van der Waals surface area contributed by atoms with Gasteiger partial charge in [0.05, 0.1) is 18.8 Å². The van der Waals surface area contributed by atoms with Gasteiger partial charge in [0.1, 0.15) is 6.29 Å². The summed E-state index contributed by atoms with van der Waals surface area (Å²) in [7, 11) is 3.17. The topological polar surface area (TPSA) is 106 Å². The zero-order chi connectivity index (χ0) is 22.2. The molecule has 3 N–H and O–H groups in total. The molecule has 3 unspecified atom stereocenters. The molecule has 0 aromatic rings. The highest BCUT2D eigenvalue weighted by atomic mass is 16.5. The van der Waals surface area contributed by atoms with Crippen molar-refractivity contribution in [1.29, 1.82) is 0 Å². The van der Waals surface area contributed by atoms with E-state index >= 15 is 0 Å². The van der Waals surface area contributed by atoms with Crippen LogP contribution in [0.3, 0.4) is 0 Å². The highest BCUT2D eigenvalue weighted by molar-refractivity contribution is 5.84. The summed E-state index contributed by atoms with van der Waals surface area (Å²) in [6.07, 6.45) is 7.70. The Balaban J connectivity index is 2.73. The van der Waals surface area contributed by atoms with Gasteiger partial charge >= 0.3 is 0 Å². The fourth-order valence-corrected chi connectivity index (χ4v) is 4.06. The second kappa shape index (κ2) is 15.3. The van der Waals surface area contributed by atoms with E-state index in [2.05, 4.69) is 22.9 Å². The van der Waals surface area contributed by atoms with Crippen molar-refractivity contribution in [3.63, 3.8) is 0 Å². The molecule has 8 heteroatoms. The minimum absolute atomic E-state index is 0.0698. The van der Waals surface area contributed by atoms with E-state index in [0.717, 1.165) is 19.1 Å². The molecule has 0 aliphatic heterocycles. The van der Waals surface area contributed by atoms with Gasteiger partial charge in [-0.1, -0.05) is 32.6 Å². The maximum absolute atomic E-state index is 12.8. The van der Waals surface area contributed by atoms with Crippen LogP contribution < -0.4 is 16.0 Å². The molecule has 0 radical (unpaired) electrons. The van der Waals surface area contributed by atoms with Crippen LogP contribution in [0.2, 0.25) is 0 Å². The van der Waals surface area contributed by atoms with Crippen LogP contribution in [0, 0.1) is 11.8 Å². The molecule has 1 aliphatic rings. The van der Waals surface area contributed by atoms with Gasteiger partial charge in [-0.3, -0.25) is 9.59 Å². The fourth-order valence-electron chi connectivity index (χ4n) is 4.06. The molecule has 1 rings (SSSR count). The van der Waals surface area contributed by atoms with E-state index in [0.29, 0.717) is 52.1 Å². The predicted molar refractivity (Wildman–Crippen MR) is 116 cm³/mol. The van der Waals surface area contributed by atoms with Gasteiger partial charge < -0.3 is 30.2 Å². The number of hydrogen-bond donors (Lipinski definition) is 3. The summed E-state index contributed by atoms with van der Waals surface area (Å²) >= 11 is 0. The summed E-state index contributed by atoms with van der Waals surface area (Å²) < 4.78 is 10.1. The molecule has 8 nitrogen and oxygen atoms in total. The predicted octanol–water partition coefficient (Wildman–Crippen LogP) is 1.43. The van der Waals surface area contributed by atoms with Gasteiger partial charge in [0, 0.05) is 45.7 Å². The summed E-state index contributed by atoms with van der Waals surface area (Å²) in [5, 5.41) is 9.10. The Labute approximate surface area is 181 Å². The summed E-state index contributed by atoms with van der Waals surface area (Å²) in [5.74, 6) is -0.993. The molecule has 174 valence electrons. The number of methoxy groups -OCH3 is 2. The zero-order valence-electron chi connectivity index (χ0n) is 19.0. The Morgan fingerprint density at radius 1 is 0.900 bits per heavy atom. The molecule has 0 spiro atoms. The highest BCUT2D eigenvalue weighted by Gasteiger charge is 2.44. The molecule has 1 fully saturated rings. The van der Waals surface area contributed by atoms with Crippen LogP contribution in [0.1, 0.15) is 58.3 Å². The molecule has 0 bridgehead atoms. The number of aldehydes is 1. The van der Waals surface area contributed by atoms with Crippen molar-refractivity contribution >= 4 is 18.1 Å². The van der Waals surface area contributed by atoms with Crippen molar-refractivity contribution in [2.75, 3.05) is 47.1 Å². The van der Waals surface area contributed by atoms with Crippen LogP contribution in [0.5, 0.6) is 0 Å². The molecule has 3 atom stereocenters. The monoisotopic (exact) mass is 427 g/mol. The Morgan fingerprint density at radius 2 is 1.47 bits per heavy atom. The first-order valence-electron chi connectivity index (χ1n) is 11.3. The number of carbonyl (C=O) groups excluding carboxylic acids is 3. The van der Waals surface area contributed by atoms with Crippen LogP contribution in [-0.2, 0) is 23.9 Å². The van der Waals surface area contributed by atoms with Crippen molar-refractivity contribution in [1.82, 2.24) is 16.0 Å². The van der Waals surface area contributed by atoms with Gasteiger partial charge in [0.25, 0.3) is 0 Å². The van der Waals surface area contributed by atoms with Crippen LogP contribution in [0.4, 0.5) is 0 Å². The molecular weight excluding hydrogens is 386 g/mol. The van der Waals surface area contributed by atoms with E-state index in [4.69, 9.17) is 9.47 Å². The SMILES string of the molecule is CCCCCCCNC(=O)C1CC(C(=O)NCCOC)CC(C=O)(NCCOC)C1. The Hall–Kier alpha value is -1.51. The number of hydrogen-bond acceptors (Lipinski definition) is 6. The molecule has 1 saturated carbocycles. The normalized spacial score (nSPS) is 23.7. The molecule has 0 aromatic carbocycles. The zero-order valence-corrected chi connectivity index (χ0v) is 19.0. The van der Waals surface area contributed by atoms with Crippen LogP contribution in [0.25, 0.3) is 0 Å². The second-order valence-electron chi connectivity index (χ2n) is 8.22. The van der Waals surface area contributed by atoms with Gasteiger partial charge in [0.15, 0.2) is 0 Å². The van der Waals surface area contributed by atoms with Crippen molar-refractivity contribution < 1.29 is 23.9 Å². The van der Waals surface area contributed by atoms with Crippen LogP contribution in [-0.4, -0.2) is 70.7 Å². The van der Waals surface area contributed by atoms with Crippen LogP contribution in [0.15, 0.2) is 0 Å². The molecule has 0 aromatic heterocycles. The number of nitrogens with one attached hydrogen (secondary N) is 3. The first kappa shape index (κ1) is 26.5. The standard InChI is InChI=1S/C22H41N3O5/c1-4-5-6-7-8-9-23-20(27)18-14-19(21(28)24-10-12-29-2)16-22(15-18,17-26)25-11-13-30-3/h17-19,25H,4-16H2,1-3H3,(H,23,27)(H,24,28). The minimum Gasteiger partial charge on any atom is -0.383 e. The lowest BCUT2D eigenvalue weighted by atomic mass is 9.70. The Morgan fingerprint density at radius 3 is 2.03 bits per heavy atom. The van der Waals surface area contributed by atoms with Crippen molar-refractivity contribution in [2.45, 2.75) is 63.8 Å². The average Bonchev–Trinajstić information content (AvgIpc) is 2.76. The van der Waals surface area contributed by atoms with E-state index < -0.39 is 11.5 Å². The number of amides is 2. The maximum Gasteiger partial charge on any atom is 0.223 e. The Kier molecular flexibility index (Phi) is 13.5. The lowest BCUT2D eigenvalue weighted by Gasteiger charge is -2.40. The van der Waals surface area contributed by atoms with Gasteiger partial charge in [0.2, 0.25) is 11.8 Å². The third kappa shape index (κ3) is 9.53. The van der Waals surface area contributed by atoms with E-state index in [1.807, 2.05) is 0 Å². The maximum atomic E-state index is 12.8. The average molecular weight is 428 g/mol. The highest BCUT2D eigenvalue weighted by Crippen LogP contribution is 2.36. The van der Waals surface area contributed by atoms with E-state index in [9.17, 15) is 14.4 Å². The van der Waals surface area contributed by atoms with Gasteiger partial charge in [-0.25, -0.2) is 0 Å².